The molecule has 40 heavy (non-hydrogen) atoms. The van der Waals surface area contributed by atoms with Crippen molar-refractivity contribution in [3.8, 4) is 5.75 Å². The first-order chi connectivity index (χ1) is 18.9. The highest BCUT2D eigenvalue weighted by atomic mass is 35.5. The zero-order chi connectivity index (χ0) is 29.2. The van der Waals surface area contributed by atoms with E-state index < -0.39 is 29.7 Å². The molecule has 1 aromatic heterocycles. The van der Waals surface area contributed by atoms with E-state index in [0.29, 0.717) is 16.8 Å². The quantitative estimate of drug-likeness (QED) is 0.247. The predicted molar refractivity (Wildman–Crippen MR) is 148 cm³/mol. The first kappa shape index (κ1) is 29.0. The number of alkyl halides is 3. The number of primary amides is 1. The molecule has 12 heteroatoms. The van der Waals surface area contributed by atoms with E-state index in [0.717, 1.165) is 40.2 Å². The number of aryl methyl sites for hydroxylation is 1. The molecule has 0 fully saturated rings. The topological polar surface area (TPSA) is 97.5 Å². The number of para-hydroxylation sites is 1. The van der Waals surface area contributed by atoms with Gasteiger partial charge in [-0.15, -0.1) is 0 Å². The van der Waals surface area contributed by atoms with Gasteiger partial charge in [-0.2, -0.15) is 13.2 Å². The van der Waals surface area contributed by atoms with Gasteiger partial charge in [-0.25, -0.2) is 9.78 Å². The average Bonchev–Trinajstić information content (AvgIpc) is 2.90. The second kappa shape index (κ2) is 11.6. The fourth-order valence-corrected chi connectivity index (χ4v) is 4.67. The Kier molecular flexibility index (Phi) is 8.41. The van der Waals surface area contributed by atoms with E-state index >= 15 is 0 Å². The standard InChI is InChI=1S/C28H23Cl2F3N4O3/c1-15-6-7-16-4-3-5-22(24(16)35-15)40-14-19-20(29)12-13-21(23(19)30)37(2)26(38)25(36-27(34)39)17-8-10-18(11-9-17)28(31,32)33/h3-13,25H,14H2,1-2H3,(H3,34,36,39). The summed E-state index contributed by atoms with van der Waals surface area (Å²) in [6, 6.07) is 13.7. The summed E-state index contributed by atoms with van der Waals surface area (Å²) in [4.78, 5) is 30.8. The molecule has 7 nitrogen and oxygen atoms in total. The first-order valence-electron chi connectivity index (χ1n) is 11.8. The van der Waals surface area contributed by atoms with Gasteiger partial charge in [0.05, 0.1) is 16.3 Å². The Labute approximate surface area is 237 Å². The lowest BCUT2D eigenvalue weighted by molar-refractivity contribution is -0.137. The number of hydrogen-bond acceptors (Lipinski definition) is 4. The maximum absolute atomic E-state index is 13.5. The van der Waals surface area contributed by atoms with Crippen LogP contribution in [-0.2, 0) is 17.6 Å². The van der Waals surface area contributed by atoms with Gasteiger partial charge in [0.15, 0.2) is 0 Å². The molecule has 3 aromatic carbocycles. The average molecular weight is 591 g/mol. The highest BCUT2D eigenvalue weighted by Crippen LogP contribution is 2.36. The summed E-state index contributed by atoms with van der Waals surface area (Å²) in [5.41, 5.74) is 6.54. The van der Waals surface area contributed by atoms with Crippen LogP contribution < -0.4 is 20.7 Å². The Morgan fingerprint density at radius 3 is 2.40 bits per heavy atom. The fraction of sp³-hybridized carbons (Fsp3) is 0.179. The van der Waals surface area contributed by atoms with Crippen molar-refractivity contribution in [2.75, 3.05) is 11.9 Å². The first-order valence-corrected chi connectivity index (χ1v) is 12.6. The molecule has 1 atom stereocenters. The van der Waals surface area contributed by atoms with E-state index in [2.05, 4.69) is 10.3 Å². The van der Waals surface area contributed by atoms with Crippen molar-refractivity contribution in [2.24, 2.45) is 5.73 Å². The molecule has 3 amide bonds. The second-order valence-corrected chi connectivity index (χ2v) is 9.67. The number of hydrogen-bond donors (Lipinski definition) is 2. The van der Waals surface area contributed by atoms with Crippen LogP contribution in [0.15, 0.2) is 66.7 Å². The zero-order valence-electron chi connectivity index (χ0n) is 21.2. The Morgan fingerprint density at radius 2 is 1.75 bits per heavy atom. The minimum atomic E-state index is -4.57. The number of anilines is 1. The Hall–Kier alpha value is -4.02. The smallest absolute Gasteiger partial charge is 0.416 e. The molecule has 0 bridgehead atoms. The summed E-state index contributed by atoms with van der Waals surface area (Å²) in [5.74, 6) is -0.195. The Bertz CT molecular complexity index is 1580. The molecule has 0 aliphatic heterocycles. The highest BCUT2D eigenvalue weighted by Gasteiger charge is 2.32. The van der Waals surface area contributed by atoms with E-state index in [1.807, 2.05) is 31.2 Å². The number of likely N-dealkylation sites (N-methyl/N-ethyl adjacent to an activating group) is 1. The molecule has 1 heterocycles. The molecule has 0 radical (unpaired) electrons. The third-order valence-electron chi connectivity index (χ3n) is 6.16. The van der Waals surface area contributed by atoms with Gasteiger partial charge in [0.25, 0.3) is 5.91 Å². The number of amides is 3. The fourth-order valence-electron chi connectivity index (χ4n) is 4.07. The number of pyridine rings is 1. The SMILES string of the molecule is Cc1ccc2cccc(OCc3c(Cl)ccc(N(C)C(=O)C(NC(N)=O)c4ccc(C(F)(F)F)cc4)c3Cl)c2n1. The van der Waals surface area contributed by atoms with Crippen LogP contribution in [0.4, 0.5) is 23.7 Å². The maximum atomic E-state index is 13.5. The van der Waals surface area contributed by atoms with Crippen molar-refractivity contribution in [1.29, 1.82) is 0 Å². The largest absolute Gasteiger partial charge is 0.487 e. The van der Waals surface area contributed by atoms with E-state index in [9.17, 15) is 22.8 Å². The summed E-state index contributed by atoms with van der Waals surface area (Å²) >= 11 is 13.1. The summed E-state index contributed by atoms with van der Waals surface area (Å²) in [5, 5.41) is 3.56. The monoisotopic (exact) mass is 590 g/mol. The summed E-state index contributed by atoms with van der Waals surface area (Å²) in [6.07, 6.45) is -4.57. The zero-order valence-corrected chi connectivity index (χ0v) is 22.7. The van der Waals surface area contributed by atoms with Crippen molar-refractivity contribution in [3.05, 3.63) is 99.2 Å². The van der Waals surface area contributed by atoms with Crippen LogP contribution in [-0.4, -0.2) is 24.0 Å². The number of carbonyl (C=O) groups excluding carboxylic acids is 2. The van der Waals surface area contributed by atoms with Crippen LogP contribution in [0.3, 0.4) is 0 Å². The Morgan fingerprint density at radius 1 is 1.05 bits per heavy atom. The molecule has 0 aliphatic rings. The van der Waals surface area contributed by atoms with Gasteiger partial charge in [-0.1, -0.05) is 53.5 Å². The number of nitrogens with two attached hydrogens (primary N) is 1. The van der Waals surface area contributed by atoms with Gasteiger partial charge >= 0.3 is 12.2 Å². The Balaban J connectivity index is 1.62. The number of nitrogens with one attached hydrogen (secondary N) is 1. The van der Waals surface area contributed by atoms with E-state index in [-0.39, 0.29) is 27.9 Å². The molecule has 208 valence electrons. The lowest BCUT2D eigenvalue weighted by atomic mass is 10.0. The molecule has 4 rings (SSSR count). The van der Waals surface area contributed by atoms with Gasteiger partial charge in [-0.3, -0.25) is 4.79 Å². The number of urea groups is 1. The molecule has 0 spiro atoms. The van der Waals surface area contributed by atoms with Gasteiger partial charge in [0.2, 0.25) is 0 Å². The van der Waals surface area contributed by atoms with Crippen molar-refractivity contribution in [2.45, 2.75) is 25.7 Å². The lowest BCUT2D eigenvalue weighted by Crippen LogP contribution is -2.43. The van der Waals surface area contributed by atoms with Crippen LogP contribution >= 0.6 is 23.2 Å². The van der Waals surface area contributed by atoms with E-state index in [4.69, 9.17) is 33.7 Å². The molecule has 0 saturated heterocycles. The van der Waals surface area contributed by atoms with Crippen molar-refractivity contribution in [3.63, 3.8) is 0 Å². The third-order valence-corrected chi connectivity index (χ3v) is 6.93. The minimum absolute atomic E-state index is 0.0514. The molecule has 1 unspecified atom stereocenters. The second-order valence-electron chi connectivity index (χ2n) is 8.89. The van der Waals surface area contributed by atoms with Gasteiger partial charge < -0.3 is 20.7 Å². The number of nitrogens with zero attached hydrogens (tertiary/aromatic N) is 2. The number of halogens is 5. The predicted octanol–water partition coefficient (Wildman–Crippen LogP) is 6.82. The van der Waals surface area contributed by atoms with E-state index in [1.54, 1.807) is 6.07 Å². The van der Waals surface area contributed by atoms with Gasteiger partial charge in [0.1, 0.15) is 23.9 Å². The number of benzene rings is 3. The minimum Gasteiger partial charge on any atom is -0.487 e. The van der Waals surface area contributed by atoms with Crippen molar-refractivity contribution >= 4 is 51.7 Å². The van der Waals surface area contributed by atoms with Gasteiger partial charge in [0, 0.05) is 28.7 Å². The summed E-state index contributed by atoms with van der Waals surface area (Å²) in [6.45, 7) is 1.81. The highest BCUT2D eigenvalue weighted by molar-refractivity contribution is 6.38. The van der Waals surface area contributed by atoms with Crippen molar-refractivity contribution < 1.29 is 27.5 Å². The molecular weight excluding hydrogens is 568 g/mol. The van der Waals surface area contributed by atoms with Gasteiger partial charge in [-0.05, 0) is 48.9 Å². The number of aromatic nitrogens is 1. The molecule has 0 aliphatic carbocycles. The van der Waals surface area contributed by atoms with Crippen LogP contribution in [0.5, 0.6) is 5.75 Å². The van der Waals surface area contributed by atoms with Crippen LogP contribution in [0.2, 0.25) is 10.0 Å². The molecular formula is C28H23Cl2F3N4O3. The van der Waals surface area contributed by atoms with Crippen molar-refractivity contribution in [1.82, 2.24) is 10.3 Å². The van der Waals surface area contributed by atoms with E-state index in [1.165, 1.54) is 19.2 Å². The number of rotatable bonds is 7. The molecule has 3 N–H and O–H groups in total. The molecule has 0 saturated carbocycles. The van der Waals surface area contributed by atoms with Crippen LogP contribution in [0.1, 0.15) is 28.4 Å². The number of fused-ring (bicyclic) bond motifs is 1. The lowest BCUT2D eigenvalue weighted by Gasteiger charge is -2.26. The summed E-state index contributed by atoms with van der Waals surface area (Å²) in [7, 11) is 1.40. The summed E-state index contributed by atoms with van der Waals surface area (Å²) < 4.78 is 45.1. The number of carbonyl (C=O) groups is 2. The third kappa shape index (κ3) is 6.24. The maximum Gasteiger partial charge on any atom is 0.416 e. The van der Waals surface area contributed by atoms with Crippen LogP contribution in [0, 0.1) is 6.92 Å². The van der Waals surface area contributed by atoms with Crippen LogP contribution in [0.25, 0.3) is 10.9 Å². The normalized spacial score (nSPS) is 12.2. The molecule has 4 aromatic rings. The number of ether oxygens (including phenoxy) is 1.